The van der Waals surface area contributed by atoms with E-state index < -0.39 is 5.91 Å². The lowest BCUT2D eigenvalue weighted by Gasteiger charge is -2.36. The van der Waals surface area contributed by atoms with E-state index in [2.05, 4.69) is 22.4 Å². The Hall–Kier alpha value is -2.61. The van der Waals surface area contributed by atoms with E-state index in [0.29, 0.717) is 19.4 Å². The number of carbonyl (C=O) groups excluding carboxylic acids is 3. The SMILES string of the molecule is O=C(/C=C/C1=CCCC=C1N1CCC(NC(=O)CCN2CCCC2=O)CC1)NO. The molecule has 0 unspecified atom stereocenters. The van der Waals surface area contributed by atoms with Gasteiger partial charge in [0.2, 0.25) is 11.8 Å². The van der Waals surface area contributed by atoms with Crippen LogP contribution in [-0.4, -0.2) is 64.9 Å². The lowest BCUT2D eigenvalue weighted by Crippen LogP contribution is -2.45. The molecule has 2 aliphatic heterocycles. The van der Waals surface area contributed by atoms with E-state index in [1.807, 2.05) is 0 Å². The zero-order valence-corrected chi connectivity index (χ0v) is 16.7. The molecule has 8 nitrogen and oxygen atoms in total. The number of piperidine rings is 1. The van der Waals surface area contributed by atoms with Gasteiger partial charge in [-0.2, -0.15) is 0 Å². The minimum atomic E-state index is -0.548. The third-order valence-corrected chi connectivity index (χ3v) is 5.67. The van der Waals surface area contributed by atoms with Crippen molar-refractivity contribution in [2.24, 2.45) is 0 Å². The van der Waals surface area contributed by atoms with Crippen molar-refractivity contribution in [3.63, 3.8) is 0 Å². The van der Waals surface area contributed by atoms with E-state index in [9.17, 15) is 14.4 Å². The van der Waals surface area contributed by atoms with Gasteiger partial charge in [-0.05, 0) is 43.8 Å². The summed E-state index contributed by atoms with van der Waals surface area (Å²) >= 11 is 0. The molecule has 3 rings (SSSR count). The molecule has 0 radical (unpaired) electrons. The van der Waals surface area contributed by atoms with Crippen LogP contribution in [0.15, 0.2) is 35.6 Å². The summed E-state index contributed by atoms with van der Waals surface area (Å²) in [6.45, 7) is 2.94. The zero-order valence-electron chi connectivity index (χ0n) is 16.7. The third-order valence-electron chi connectivity index (χ3n) is 5.67. The fourth-order valence-corrected chi connectivity index (χ4v) is 4.09. The molecule has 2 saturated heterocycles. The first-order valence-electron chi connectivity index (χ1n) is 10.4. The molecule has 8 heteroatoms. The monoisotopic (exact) mass is 402 g/mol. The number of amides is 3. The number of likely N-dealkylation sites (tertiary alicyclic amines) is 2. The number of nitrogens with one attached hydrogen (secondary N) is 2. The van der Waals surface area contributed by atoms with Crippen molar-refractivity contribution in [1.29, 1.82) is 0 Å². The van der Waals surface area contributed by atoms with Crippen molar-refractivity contribution < 1.29 is 19.6 Å². The predicted octanol–water partition coefficient (Wildman–Crippen LogP) is 1.25. The molecule has 3 amide bonds. The van der Waals surface area contributed by atoms with Crippen molar-refractivity contribution in [3.05, 3.63) is 35.6 Å². The Balaban J connectivity index is 1.44. The first kappa shape index (κ1) is 21.1. The molecule has 0 bridgehead atoms. The van der Waals surface area contributed by atoms with E-state index in [4.69, 9.17) is 5.21 Å². The second-order valence-electron chi connectivity index (χ2n) is 7.70. The van der Waals surface area contributed by atoms with Crippen LogP contribution in [-0.2, 0) is 14.4 Å². The smallest absolute Gasteiger partial charge is 0.267 e. The van der Waals surface area contributed by atoms with Crippen LogP contribution in [0, 0.1) is 0 Å². The van der Waals surface area contributed by atoms with Crippen LogP contribution in [0.5, 0.6) is 0 Å². The fraction of sp³-hybridized carbons (Fsp3) is 0.571. The molecule has 3 N–H and O–H groups in total. The molecule has 0 saturated carbocycles. The summed E-state index contributed by atoms with van der Waals surface area (Å²) in [4.78, 5) is 39.2. The molecule has 0 aromatic carbocycles. The molecule has 2 heterocycles. The standard InChI is InChI=1S/C21H30N4O4/c26-19(11-15-25-12-3-6-21(25)28)22-17-9-13-24(14-10-17)18-5-2-1-4-16(18)7-8-20(27)23-29/h4-5,7-8,17,29H,1-3,6,9-15H2,(H,22,26)(H,23,27)/b8-7+. The molecular weight excluding hydrogens is 372 g/mol. The van der Waals surface area contributed by atoms with E-state index >= 15 is 0 Å². The molecule has 3 aliphatic rings. The number of carbonyl (C=O) groups is 3. The van der Waals surface area contributed by atoms with Gasteiger partial charge in [0.1, 0.15) is 0 Å². The predicted molar refractivity (Wildman–Crippen MR) is 108 cm³/mol. The number of hydroxylamine groups is 1. The highest BCUT2D eigenvalue weighted by Crippen LogP contribution is 2.26. The Morgan fingerprint density at radius 2 is 1.93 bits per heavy atom. The summed E-state index contributed by atoms with van der Waals surface area (Å²) in [5.74, 6) is -0.382. The van der Waals surface area contributed by atoms with Crippen LogP contribution < -0.4 is 10.8 Å². The summed E-state index contributed by atoms with van der Waals surface area (Å²) in [7, 11) is 0. The van der Waals surface area contributed by atoms with Crippen LogP contribution in [0.25, 0.3) is 0 Å². The lowest BCUT2D eigenvalue weighted by atomic mass is 9.98. The van der Waals surface area contributed by atoms with Gasteiger partial charge in [-0.3, -0.25) is 19.6 Å². The Morgan fingerprint density at radius 1 is 1.17 bits per heavy atom. The molecule has 0 atom stereocenters. The van der Waals surface area contributed by atoms with Crippen molar-refractivity contribution in [3.8, 4) is 0 Å². The van der Waals surface area contributed by atoms with Crippen LogP contribution >= 0.6 is 0 Å². The summed E-state index contributed by atoms with van der Waals surface area (Å²) < 4.78 is 0. The highest BCUT2D eigenvalue weighted by Gasteiger charge is 2.25. The molecule has 0 spiro atoms. The van der Waals surface area contributed by atoms with Gasteiger partial charge in [0.15, 0.2) is 0 Å². The molecule has 0 aromatic rings. The van der Waals surface area contributed by atoms with E-state index in [-0.39, 0.29) is 17.9 Å². The molecule has 158 valence electrons. The van der Waals surface area contributed by atoms with Gasteiger partial charge in [0.05, 0.1) is 0 Å². The first-order chi connectivity index (χ1) is 14.1. The molecule has 1 aliphatic carbocycles. The maximum atomic E-state index is 12.2. The third kappa shape index (κ3) is 5.93. The van der Waals surface area contributed by atoms with Crippen LogP contribution in [0.3, 0.4) is 0 Å². The maximum Gasteiger partial charge on any atom is 0.267 e. The Bertz CT molecular complexity index is 720. The molecule has 0 aromatic heterocycles. The van der Waals surface area contributed by atoms with Gasteiger partial charge >= 0.3 is 0 Å². The van der Waals surface area contributed by atoms with Gasteiger partial charge in [-0.1, -0.05) is 12.2 Å². The zero-order chi connectivity index (χ0) is 20.6. The molecular formula is C21H30N4O4. The Labute approximate surface area is 171 Å². The fourth-order valence-electron chi connectivity index (χ4n) is 4.09. The van der Waals surface area contributed by atoms with Crippen LogP contribution in [0.2, 0.25) is 0 Å². The minimum absolute atomic E-state index is 0.0126. The van der Waals surface area contributed by atoms with Gasteiger partial charge in [0.25, 0.3) is 5.91 Å². The van der Waals surface area contributed by atoms with Gasteiger partial charge in [-0.15, -0.1) is 0 Å². The summed E-state index contributed by atoms with van der Waals surface area (Å²) in [6, 6.07) is 0.153. The van der Waals surface area contributed by atoms with E-state index in [1.54, 1.807) is 16.5 Å². The molecule has 29 heavy (non-hydrogen) atoms. The lowest BCUT2D eigenvalue weighted by molar-refractivity contribution is -0.128. The second kappa shape index (κ2) is 10.2. The van der Waals surface area contributed by atoms with Gasteiger partial charge < -0.3 is 15.1 Å². The van der Waals surface area contributed by atoms with Crippen molar-refractivity contribution >= 4 is 17.7 Å². The highest BCUT2D eigenvalue weighted by atomic mass is 16.5. The van der Waals surface area contributed by atoms with E-state index in [1.165, 1.54) is 6.08 Å². The largest absolute Gasteiger partial charge is 0.371 e. The number of allylic oxidation sites excluding steroid dienone is 3. The number of nitrogens with zero attached hydrogens (tertiary/aromatic N) is 2. The van der Waals surface area contributed by atoms with Crippen molar-refractivity contribution in [1.82, 2.24) is 20.6 Å². The van der Waals surface area contributed by atoms with Crippen molar-refractivity contribution in [2.75, 3.05) is 26.2 Å². The summed E-state index contributed by atoms with van der Waals surface area (Å²) in [5.41, 5.74) is 3.70. The van der Waals surface area contributed by atoms with Crippen LogP contribution in [0.4, 0.5) is 0 Å². The normalized spacial score (nSPS) is 20.7. The second-order valence-corrected chi connectivity index (χ2v) is 7.70. The number of rotatable bonds is 7. The average molecular weight is 402 g/mol. The maximum absolute atomic E-state index is 12.2. The van der Waals surface area contributed by atoms with Crippen molar-refractivity contribution in [2.45, 2.75) is 51.0 Å². The topological polar surface area (TPSA) is 102 Å². The minimum Gasteiger partial charge on any atom is -0.371 e. The first-order valence-corrected chi connectivity index (χ1v) is 10.4. The highest BCUT2D eigenvalue weighted by molar-refractivity contribution is 5.87. The quantitative estimate of drug-likeness (QED) is 0.338. The average Bonchev–Trinajstić information content (AvgIpc) is 3.16. The van der Waals surface area contributed by atoms with E-state index in [0.717, 1.165) is 63.0 Å². The number of hydrogen-bond donors (Lipinski definition) is 3. The Morgan fingerprint density at radius 3 is 2.62 bits per heavy atom. The summed E-state index contributed by atoms with van der Waals surface area (Å²) in [5, 5.41) is 11.8. The van der Waals surface area contributed by atoms with Gasteiger partial charge in [0, 0.05) is 56.8 Å². The molecule has 2 fully saturated rings. The number of hydrogen-bond acceptors (Lipinski definition) is 5. The summed E-state index contributed by atoms with van der Waals surface area (Å²) in [6.07, 6.45) is 12.8. The van der Waals surface area contributed by atoms with Gasteiger partial charge in [-0.25, -0.2) is 5.48 Å². The Kier molecular flexibility index (Phi) is 7.46. The van der Waals surface area contributed by atoms with Crippen LogP contribution in [0.1, 0.15) is 44.9 Å².